The topological polar surface area (TPSA) is 100 Å². The van der Waals surface area contributed by atoms with Crippen molar-refractivity contribution in [2.75, 3.05) is 5.75 Å². The van der Waals surface area contributed by atoms with E-state index in [9.17, 15) is 18.3 Å². The summed E-state index contributed by atoms with van der Waals surface area (Å²) in [5.41, 5.74) is -0.0652. The fraction of sp³-hybridized carbons (Fsp3) is 0.167. The van der Waals surface area contributed by atoms with Crippen LogP contribution < -0.4 is 5.56 Å². The number of halogens is 1. The highest BCUT2D eigenvalue weighted by Crippen LogP contribution is 2.20. The molecule has 1 heterocycles. The van der Waals surface area contributed by atoms with Crippen molar-refractivity contribution in [3.8, 4) is 0 Å². The SMILES string of the molecule is O=c1ccc(S(=O)(=O)CC(O)c2ccc(Cl)cc2)n[nH]1. The van der Waals surface area contributed by atoms with E-state index in [4.69, 9.17) is 11.6 Å². The predicted octanol–water partition coefficient (Wildman–Crippen LogP) is 0.931. The van der Waals surface area contributed by atoms with Crippen molar-refractivity contribution >= 4 is 21.4 Å². The molecule has 0 aliphatic carbocycles. The molecule has 0 aliphatic rings. The summed E-state index contributed by atoms with van der Waals surface area (Å²) in [7, 11) is -3.80. The normalized spacial score (nSPS) is 13.1. The second-order valence-electron chi connectivity index (χ2n) is 4.11. The molecule has 2 N–H and O–H groups in total. The van der Waals surface area contributed by atoms with Crippen molar-refractivity contribution in [2.24, 2.45) is 0 Å². The zero-order chi connectivity index (χ0) is 14.8. The largest absolute Gasteiger partial charge is 0.387 e. The molecule has 0 saturated heterocycles. The number of nitrogens with one attached hydrogen (secondary N) is 1. The Balaban J connectivity index is 2.21. The third-order valence-corrected chi connectivity index (χ3v) is 4.48. The summed E-state index contributed by atoms with van der Waals surface area (Å²) in [6, 6.07) is 8.37. The van der Waals surface area contributed by atoms with E-state index in [1.807, 2.05) is 5.10 Å². The highest BCUT2D eigenvalue weighted by atomic mass is 35.5. The van der Waals surface area contributed by atoms with Crippen LogP contribution in [-0.2, 0) is 9.84 Å². The number of H-pyrrole nitrogens is 1. The van der Waals surface area contributed by atoms with E-state index in [0.29, 0.717) is 10.6 Å². The average molecular weight is 315 g/mol. The predicted molar refractivity (Wildman–Crippen MR) is 73.3 cm³/mol. The molecular weight excluding hydrogens is 304 g/mol. The lowest BCUT2D eigenvalue weighted by atomic mass is 10.1. The van der Waals surface area contributed by atoms with Crippen LogP contribution in [0.4, 0.5) is 0 Å². The van der Waals surface area contributed by atoms with Gasteiger partial charge in [0.05, 0.1) is 11.9 Å². The maximum atomic E-state index is 12.0. The Morgan fingerprint density at radius 3 is 2.40 bits per heavy atom. The second kappa shape index (κ2) is 5.74. The number of nitrogens with zero attached hydrogens (tertiary/aromatic N) is 1. The first kappa shape index (κ1) is 14.7. The summed E-state index contributed by atoms with van der Waals surface area (Å²) in [4.78, 5) is 10.8. The molecule has 0 amide bonds. The molecule has 0 radical (unpaired) electrons. The quantitative estimate of drug-likeness (QED) is 0.874. The van der Waals surface area contributed by atoms with Gasteiger partial charge < -0.3 is 5.11 Å². The molecule has 0 bridgehead atoms. The Bertz CT molecular complexity index is 735. The Labute approximate surface area is 120 Å². The van der Waals surface area contributed by atoms with Crippen molar-refractivity contribution < 1.29 is 13.5 Å². The molecule has 8 heteroatoms. The van der Waals surface area contributed by atoms with E-state index >= 15 is 0 Å². The third-order valence-electron chi connectivity index (χ3n) is 2.60. The zero-order valence-electron chi connectivity index (χ0n) is 10.2. The van der Waals surface area contributed by atoms with Gasteiger partial charge in [0.1, 0.15) is 0 Å². The maximum Gasteiger partial charge on any atom is 0.264 e. The van der Waals surface area contributed by atoms with Gasteiger partial charge in [0.25, 0.3) is 5.56 Å². The molecule has 20 heavy (non-hydrogen) atoms. The first-order valence-corrected chi connectivity index (χ1v) is 7.63. The van der Waals surface area contributed by atoms with Gasteiger partial charge in [-0.2, -0.15) is 5.10 Å². The van der Waals surface area contributed by atoms with Gasteiger partial charge in [-0.1, -0.05) is 23.7 Å². The van der Waals surface area contributed by atoms with Crippen LogP contribution in [0.5, 0.6) is 0 Å². The standard InChI is InChI=1S/C12H11ClN2O4S/c13-9-3-1-8(2-4-9)10(16)7-20(18,19)12-6-5-11(17)14-15-12/h1-6,10,16H,7H2,(H,14,17). The third kappa shape index (κ3) is 3.44. The molecule has 1 aromatic heterocycles. The van der Waals surface area contributed by atoms with Gasteiger partial charge in [-0.15, -0.1) is 0 Å². The molecule has 106 valence electrons. The number of rotatable bonds is 4. The molecule has 1 aromatic carbocycles. The summed E-state index contributed by atoms with van der Waals surface area (Å²) < 4.78 is 24.0. The van der Waals surface area contributed by atoms with Crippen molar-refractivity contribution in [2.45, 2.75) is 11.1 Å². The molecule has 1 atom stereocenters. The molecule has 6 nitrogen and oxygen atoms in total. The molecule has 2 rings (SSSR count). The van der Waals surface area contributed by atoms with Crippen molar-refractivity contribution in [1.29, 1.82) is 0 Å². The van der Waals surface area contributed by atoms with Gasteiger partial charge in [-0.25, -0.2) is 13.5 Å². The van der Waals surface area contributed by atoms with Crippen molar-refractivity contribution in [3.05, 3.63) is 57.3 Å². The monoisotopic (exact) mass is 314 g/mol. The number of hydrogen-bond acceptors (Lipinski definition) is 5. The van der Waals surface area contributed by atoms with E-state index in [2.05, 4.69) is 5.10 Å². The van der Waals surface area contributed by atoms with Crippen molar-refractivity contribution in [1.82, 2.24) is 10.2 Å². The molecule has 0 spiro atoms. The summed E-state index contributed by atoms with van der Waals surface area (Å²) in [5.74, 6) is -0.534. The minimum absolute atomic E-state index is 0.287. The molecule has 0 aliphatic heterocycles. The number of aliphatic hydroxyl groups is 1. The van der Waals surface area contributed by atoms with Gasteiger partial charge >= 0.3 is 0 Å². The molecule has 2 aromatic rings. The van der Waals surface area contributed by atoms with Crippen LogP contribution >= 0.6 is 11.6 Å². The van der Waals surface area contributed by atoms with E-state index in [-0.39, 0.29) is 5.03 Å². The number of aromatic nitrogens is 2. The van der Waals surface area contributed by atoms with E-state index in [1.165, 1.54) is 0 Å². The first-order valence-electron chi connectivity index (χ1n) is 5.60. The Morgan fingerprint density at radius 1 is 1.20 bits per heavy atom. The number of aliphatic hydroxyl groups excluding tert-OH is 1. The summed E-state index contributed by atoms with van der Waals surface area (Å²) in [6.45, 7) is 0. The van der Waals surface area contributed by atoms with Gasteiger partial charge in [0.15, 0.2) is 14.9 Å². The van der Waals surface area contributed by atoms with Crippen LogP contribution in [0.1, 0.15) is 11.7 Å². The summed E-state index contributed by atoms with van der Waals surface area (Å²) in [6.07, 6.45) is -1.20. The van der Waals surface area contributed by atoms with Crippen LogP contribution in [0.2, 0.25) is 5.02 Å². The Hall–Kier alpha value is -1.70. The van der Waals surface area contributed by atoms with Crippen LogP contribution in [-0.4, -0.2) is 29.5 Å². The molecule has 0 fully saturated rings. The van der Waals surface area contributed by atoms with Gasteiger partial charge in [-0.05, 0) is 23.8 Å². The molecule has 1 unspecified atom stereocenters. The van der Waals surface area contributed by atoms with E-state index in [0.717, 1.165) is 12.1 Å². The van der Waals surface area contributed by atoms with E-state index < -0.39 is 27.3 Å². The lowest BCUT2D eigenvalue weighted by Gasteiger charge is -2.11. The highest BCUT2D eigenvalue weighted by molar-refractivity contribution is 7.91. The first-order chi connectivity index (χ1) is 9.38. The number of benzene rings is 1. The van der Waals surface area contributed by atoms with Gasteiger partial charge in [-0.3, -0.25) is 4.79 Å². The number of sulfone groups is 1. The molecule has 0 saturated carbocycles. The number of hydrogen-bond donors (Lipinski definition) is 2. The van der Waals surface area contributed by atoms with Crippen LogP contribution in [0.25, 0.3) is 0 Å². The summed E-state index contributed by atoms with van der Waals surface area (Å²) in [5, 5.41) is 15.6. The van der Waals surface area contributed by atoms with Gasteiger partial charge in [0.2, 0.25) is 0 Å². The number of aromatic amines is 1. The van der Waals surface area contributed by atoms with Crippen molar-refractivity contribution in [3.63, 3.8) is 0 Å². The zero-order valence-corrected chi connectivity index (χ0v) is 11.7. The van der Waals surface area contributed by atoms with Crippen LogP contribution in [0.3, 0.4) is 0 Å². The van der Waals surface area contributed by atoms with Crippen LogP contribution in [0.15, 0.2) is 46.2 Å². The smallest absolute Gasteiger partial charge is 0.264 e. The highest BCUT2D eigenvalue weighted by Gasteiger charge is 2.22. The maximum absolute atomic E-state index is 12.0. The minimum atomic E-state index is -3.80. The fourth-order valence-corrected chi connectivity index (χ4v) is 2.94. The van der Waals surface area contributed by atoms with Gasteiger partial charge in [0, 0.05) is 11.1 Å². The van der Waals surface area contributed by atoms with Crippen LogP contribution in [0, 0.1) is 0 Å². The van der Waals surface area contributed by atoms with E-state index in [1.54, 1.807) is 24.3 Å². The minimum Gasteiger partial charge on any atom is -0.387 e. The summed E-state index contributed by atoms with van der Waals surface area (Å²) >= 11 is 5.72. The lowest BCUT2D eigenvalue weighted by molar-refractivity contribution is 0.201. The Morgan fingerprint density at radius 2 is 1.85 bits per heavy atom. The molecular formula is C12H11ClN2O4S. The Kier molecular flexibility index (Phi) is 4.22. The fourth-order valence-electron chi connectivity index (χ4n) is 1.58. The lowest BCUT2D eigenvalue weighted by Crippen LogP contribution is -2.18. The second-order valence-corrected chi connectivity index (χ2v) is 6.53. The average Bonchev–Trinajstić information content (AvgIpc) is 2.39.